The summed E-state index contributed by atoms with van der Waals surface area (Å²) in [4.78, 5) is 0. The molecule has 0 aromatic carbocycles. The maximum atomic E-state index is 5.79. The lowest BCUT2D eigenvalue weighted by Gasteiger charge is -2.18. The highest BCUT2D eigenvalue weighted by Crippen LogP contribution is 2.37. The Balaban J connectivity index is 2.05. The molecule has 5 heteroatoms. The largest absolute Gasteiger partial charge is 0.368 e. The minimum Gasteiger partial charge on any atom is -0.368 e. The van der Waals surface area contributed by atoms with E-state index in [9.17, 15) is 0 Å². The van der Waals surface area contributed by atoms with E-state index in [0.717, 1.165) is 42.4 Å². The first-order valence-electron chi connectivity index (χ1n) is 6.37. The zero-order valence-corrected chi connectivity index (χ0v) is 11.6. The quantitative estimate of drug-likeness (QED) is 0.878. The second kappa shape index (κ2) is 5.42. The van der Waals surface area contributed by atoms with Gasteiger partial charge in [0.05, 0.1) is 6.04 Å². The van der Waals surface area contributed by atoms with E-state index in [1.54, 1.807) is 11.3 Å². The van der Waals surface area contributed by atoms with Gasteiger partial charge in [0, 0.05) is 6.61 Å². The fraction of sp³-hybridized carbons (Fsp3) is 0.833. The Labute approximate surface area is 107 Å². The lowest BCUT2D eigenvalue weighted by molar-refractivity contribution is 0.0161. The van der Waals surface area contributed by atoms with E-state index in [1.165, 1.54) is 0 Å². The molecule has 0 saturated carbocycles. The van der Waals surface area contributed by atoms with Crippen LogP contribution in [-0.2, 0) is 10.3 Å². The third-order valence-corrected chi connectivity index (χ3v) is 4.53. The van der Waals surface area contributed by atoms with Crippen molar-refractivity contribution < 1.29 is 4.74 Å². The minimum atomic E-state index is -0.194. The van der Waals surface area contributed by atoms with Gasteiger partial charge in [-0.15, -0.1) is 10.2 Å². The molecule has 1 N–H and O–H groups in total. The molecule has 1 aromatic heterocycles. The summed E-state index contributed by atoms with van der Waals surface area (Å²) in [5.74, 6) is 0. The number of rotatable bonds is 5. The van der Waals surface area contributed by atoms with Gasteiger partial charge in [-0.2, -0.15) is 0 Å². The Morgan fingerprint density at radius 1 is 1.53 bits per heavy atom. The lowest BCUT2D eigenvalue weighted by Crippen LogP contribution is -2.19. The summed E-state index contributed by atoms with van der Waals surface area (Å²) in [6, 6.07) is 0.284. The van der Waals surface area contributed by atoms with Crippen LogP contribution in [0.4, 0.5) is 0 Å². The van der Waals surface area contributed by atoms with Crippen molar-refractivity contribution in [3.63, 3.8) is 0 Å². The molecule has 4 nitrogen and oxygen atoms in total. The predicted molar refractivity (Wildman–Crippen MR) is 69.2 cm³/mol. The molecule has 2 atom stereocenters. The predicted octanol–water partition coefficient (Wildman–Crippen LogP) is 2.62. The van der Waals surface area contributed by atoms with Crippen molar-refractivity contribution >= 4 is 11.3 Å². The molecule has 0 bridgehead atoms. The van der Waals surface area contributed by atoms with Gasteiger partial charge in [-0.25, -0.2) is 0 Å². The van der Waals surface area contributed by atoms with Gasteiger partial charge in [0.25, 0.3) is 0 Å². The fourth-order valence-electron chi connectivity index (χ4n) is 2.02. The average molecular weight is 255 g/mol. The Kier molecular flexibility index (Phi) is 4.12. The fourth-order valence-corrected chi connectivity index (χ4v) is 3.02. The molecule has 0 amide bonds. The maximum Gasteiger partial charge on any atom is 0.149 e. The second-order valence-electron chi connectivity index (χ2n) is 4.80. The molecule has 17 heavy (non-hydrogen) atoms. The van der Waals surface area contributed by atoms with E-state index in [4.69, 9.17) is 4.74 Å². The molecule has 1 fully saturated rings. The molecule has 1 saturated heterocycles. The van der Waals surface area contributed by atoms with Crippen LogP contribution in [0.3, 0.4) is 0 Å². The molecule has 2 heterocycles. The lowest BCUT2D eigenvalue weighted by atomic mass is 10.0. The first-order chi connectivity index (χ1) is 8.15. The number of aromatic nitrogens is 2. The summed E-state index contributed by atoms with van der Waals surface area (Å²) in [5.41, 5.74) is -0.194. The van der Waals surface area contributed by atoms with Crippen LogP contribution in [0, 0.1) is 0 Å². The van der Waals surface area contributed by atoms with Crippen molar-refractivity contribution in [2.75, 3.05) is 13.2 Å². The second-order valence-corrected chi connectivity index (χ2v) is 5.81. The smallest absolute Gasteiger partial charge is 0.149 e. The molecular formula is C12H21N3OS. The van der Waals surface area contributed by atoms with Crippen LogP contribution in [0.2, 0.25) is 0 Å². The number of nitrogens with zero attached hydrogens (tertiary/aromatic N) is 2. The van der Waals surface area contributed by atoms with Crippen LogP contribution in [-0.4, -0.2) is 23.3 Å². The van der Waals surface area contributed by atoms with Gasteiger partial charge < -0.3 is 10.1 Å². The Morgan fingerprint density at radius 2 is 2.35 bits per heavy atom. The monoisotopic (exact) mass is 255 g/mol. The molecular weight excluding hydrogens is 234 g/mol. The van der Waals surface area contributed by atoms with Crippen molar-refractivity contribution in [1.82, 2.24) is 15.5 Å². The topological polar surface area (TPSA) is 47.0 Å². The number of nitrogens with one attached hydrogen (secondary N) is 1. The van der Waals surface area contributed by atoms with E-state index in [2.05, 4.69) is 36.3 Å². The summed E-state index contributed by atoms with van der Waals surface area (Å²) >= 11 is 1.68. The Hall–Kier alpha value is -0.520. The number of ether oxygens (including phenoxy) is 1. The Morgan fingerprint density at radius 3 is 3.00 bits per heavy atom. The van der Waals surface area contributed by atoms with Gasteiger partial charge in [0.2, 0.25) is 0 Å². The maximum absolute atomic E-state index is 5.79. The third-order valence-electron chi connectivity index (χ3n) is 3.18. The Bertz CT molecular complexity index is 360. The standard InChI is InChI=1S/C12H21N3OS/c1-4-7-13-9(2)10-14-15-11(17-10)12(3)6-5-8-16-12/h9,13H,4-8H2,1-3H3. The number of hydrogen-bond donors (Lipinski definition) is 1. The van der Waals surface area contributed by atoms with E-state index in [-0.39, 0.29) is 11.6 Å². The molecule has 1 aromatic rings. The highest BCUT2D eigenvalue weighted by molar-refractivity contribution is 7.11. The van der Waals surface area contributed by atoms with E-state index in [0.29, 0.717) is 0 Å². The van der Waals surface area contributed by atoms with Crippen molar-refractivity contribution in [3.05, 3.63) is 10.0 Å². The molecule has 1 aliphatic rings. The van der Waals surface area contributed by atoms with Crippen molar-refractivity contribution in [3.8, 4) is 0 Å². The van der Waals surface area contributed by atoms with Crippen LogP contribution in [0.5, 0.6) is 0 Å². The highest BCUT2D eigenvalue weighted by Gasteiger charge is 2.35. The molecule has 2 unspecified atom stereocenters. The third kappa shape index (κ3) is 2.84. The van der Waals surface area contributed by atoms with Gasteiger partial charge in [-0.1, -0.05) is 18.3 Å². The summed E-state index contributed by atoms with van der Waals surface area (Å²) in [5, 5.41) is 14.1. The summed E-state index contributed by atoms with van der Waals surface area (Å²) in [7, 11) is 0. The van der Waals surface area contributed by atoms with Crippen molar-refractivity contribution in [2.24, 2.45) is 0 Å². The molecule has 2 rings (SSSR count). The van der Waals surface area contributed by atoms with Crippen LogP contribution in [0.1, 0.15) is 56.1 Å². The highest BCUT2D eigenvalue weighted by atomic mass is 32.1. The van der Waals surface area contributed by atoms with Crippen LogP contribution in [0.15, 0.2) is 0 Å². The zero-order chi connectivity index (χ0) is 12.3. The van der Waals surface area contributed by atoms with Crippen LogP contribution >= 0.6 is 11.3 Å². The zero-order valence-electron chi connectivity index (χ0n) is 10.8. The first-order valence-corrected chi connectivity index (χ1v) is 7.18. The van der Waals surface area contributed by atoms with Crippen LogP contribution < -0.4 is 5.32 Å². The minimum absolute atomic E-state index is 0.194. The normalized spacial score (nSPS) is 26.3. The average Bonchev–Trinajstić information content (AvgIpc) is 2.95. The van der Waals surface area contributed by atoms with Crippen molar-refractivity contribution in [1.29, 1.82) is 0 Å². The van der Waals surface area contributed by atoms with Gasteiger partial charge in [0.15, 0.2) is 0 Å². The summed E-state index contributed by atoms with van der Waals surface area (Å²) in [6.07, 6.45) is 3.31. The number of hydrogen-bond acceptors (Lipinski definition) is 5. The van der Waals surface area contributed by atoms with Crippen LogP contribution in [0.25, 0.3) is 0 Å². The van der Waals surface area contributed by atoms with Gasteiger partial charge in [0.1, 0.15) is 15.6 Å². The molecule has 1 aliphatic heterocycles. The van der Waals surface area contributed by atoms with Gasteiger partial charge in [-0.05, 0) is 39.7 Å². The molecule has 0 spiro atoms. The summed E-state index contributed by atoms with van der Waals surface area (Å²) < 4.78 is 5.79. The van der Waals surface area contributed by atoms with E-state index >= 15 is 0 Å². The van der Waals surface area contributed by atoms with E-state index in [1.807, 2.05) is 0 Å². The first kappa shape index (κ1) is 12.9. The molecule has 0 radical (unpaired) electrons. The molecule has 0 aliphatic carbocycles. The van der Waals surface area contributed by atoms with E-state index < -0.39 is 0 Å². The molecule has 96 valence electrons. The summed E-state index contributed by atoms with van der Waals surface area (Å²) in [6.45, 7) is 8.28. The van der Waals surface area contributed by atoms with Crippen molar-refractivity contribution in [2.45, 2.75) is 51.7 Å². The SMILES string of the molecule is CCCNC(C)c1nnc(C2(C)CCCO2)s1. The van der Waals surface area contributed by atoms with Gasteiger partial charge >= 0.3 is 0 Å². The van der Waals surface area contributed by atoms with Gasteiger partial charge in [-0.3, -0.25) is 0 Å².